The Balaban J connectivity index is 1.79. The third-order valence-electron chi connectivity index (χ3n) is 2.68. The fourth-order valence-electron chi connectivity index (χ4n) is 1.69. The monoisotopic (exact) mass is 241 g/mol. The van der Waals surface area contributed by atoms with Crippen LogP contribution in [0.25, 0.3) is 0 Å². The zero-order valence-electron chi connectivity index (χ0n) is 10.3. The predicted octanol–water partition coefficient (Wildman–Crippen LogP) is 2.53. The quantitative estimate of drug-likeness (QED) is 0.756. The lowest BCUT2D eigenvalue weighted by atomic mass is 10.2. The van der Waals surface area contributed by atoms with E-state index < -0.39 is 0 Å². The molecule has 0 N–H and O–H groups in total. The topological polar surface area (TPSA) is 50.8 Å². The van der Waals surface area contributed by atoms with Crippen LogP contribution in [0.3, 0.4) is 0 Å². The van der Waals surface area contributed by atoms with Gasteiger partial charge in [0.2, 0.25) is 0 Å². The molecule has 0 aliphatic rings. The van der Waals surface area contributed by atoms with Crippen molar-refractivity contribution in [3.63, 3.8) is 0 Å². The highest BCUT2D eigenvalue weighted by atomic mass is 16.5. The molecule has 4 nitrogen and oxygen atoms in total. The number of hydrogen-bond donors (Lipinski definition) is 0. The molecule has 18 heavy (non-hydrogen) atoms. The molecule has 0 amide bonds. The minimum atomic E-state index is 0.619. The zero-order valence-corrected chi connectivity index (χ0v) is 10.3. The summed E-state index contributed by atoms with van der Waals surface area (Å²) in [6, 6.07) is 11.3. The van der Waals surface area contributed by atoms with Crippen LogP contribution in [0.5, 0.6) is 5.75 Å². The summed E-state index contributed by atoms with van der Waals surface area (Å²) in [7, 11) is 0. The highest BCUT2D eigenvalue weighted by Crippen LogP contribution is 2.12. The van der Waals surface area contributed by atoms with Gasteiger partial charge in [0, 0.05) is 24.9 Å². The van der Waals surface area contributed by atoms with E-state index in [0.29, 0.717) is 12.2 Å². The number of aromatic nitrogens is 2. The van der Waals surface area contributed by atoms with Gasteiger partial charge in [-0.25, -0.2) is 0 Å². The van der Waals surface area contributed by atoms with Gasteiger partial charge in [0.15, 0.2) is 0 Å². The average molecular weight is 241 g/mol. The van der Waals surface area contributed by atoms with Crippen molar-refractivity contribution >= 4 is 0 Å². The number of nitrogens with zero attached hydrogens (tertiary/aromatic N) is 3. The number of benzene rings is 1. The van der Waals surface area contributed by atoms with Gasteiger partial charge in [-0.05, 0) is 31.2 Å². The van der Waals surface area contributed by atoms with Crippen molar-refractivity contribution in [1.29, 1.82) is 5.26 Å². The zero-order chi connectivity index (χ0) is 12.8. The molecular weight excluding hydrogens is 226 g/mol. The molecule has 0 radical (unpaired) electrons. The van der Waals surface area contributed by atoms with Gasteiger partial charge in [-0.3, -0.25) is 4.68 Å². The van der Waals surface area contributed by atoms with E-state index in [1.54, 1.807) is 18.3 Å². The van der Waals surface area contributed by atoms with Crippen LogP contribution >= 0.6 is 0 Å². The van der Waals surface area contributed by atoms with Crippen LogP contribution in [0.2, 0.25) is 0 Å². The van der Waals surface area contributed by atoms with Gasteiger partial charge >= 0.3 is 0 Å². The lowest BCUT2D eigenvalue weighted by Gasteiger charge is -2.07. The standard InChI is InChI=1S/C14H15N3O/c1-12-6-7-16-17(12)8-3-9-18-14-5-2-4-13(10-14)11-15/h2,4-7,10H,3,8-9H2,1H3. The molecule has 0 bridgehead atoms. The maximum Gasteiger partial charge on any atom is 0.120 e. The third kappa shape index (κ3) is 3.11. The second-order valence-electron chi connectivity index (χ2n) is 4.04. The van der Waals surface area contributed by atoms with E-state index in [2.05, 4.69) is 11.2 Å². The SMILES string of the molecule is Cc1ccnn1CCCOc1cccc(C#N)c1. The molecule has 2 rings (SSSR count). The number of ether oxygens (including phenoxy) is 1. The smallest absolute Gasteiger partial charge is 0.120 e. The molecule has 1 aromatic heterocycles. The summed E-state index contributed by atoms with van der Waals surface area (Å²) in [5.41, 5.74) is 1.77. The van der Waals surface area contributed by atoms with Crippen LogP contribution in [-0.2, 0) is 6.54 Å². The Morgan fingerprint density at radius 3 is 3.00 bits per heavy atom. The first-order valence-electron chi connectivity index (χ1n) is 5.91. The van der Waals surface area contributed by atoms with Crippen molar-refractivity contribution in [1.82, 2.24) is 9.78 Å². The highest BCUT2D eigenvalue weighted by molar-refractivity contribution is 5.36. The van der Waals surface area contributed by atoms with Crippen molar-refractivity contribution in [2.75, 3.05) is 6.61 Å². The molecule has 0 atom stereocenters. The largest absolute Gasteiger partial charge is 0.493 e. The maximum absolute atomic E-state index is 8.77. The molecule has 1 heterocycles. The van der Waals surface area contributed by atoms with Crippen LogP contribution in [-0.4, -0.2) is 16.4 Å². The summed E-state index contributed by atoms with van der Waals surface area (Å²) in [6.45, 7) is 3.50. The first kappa shape index (κ1) is 12.2. The Kier molecular flexibility index (Phi) is 3.98. The van der Waals surface area contributed by atoms with Gasteiger partial charge in [0.1, 0.15) is 5.75 Å². The molecule has 0 aliphatic heterocycles. The Hall–Kier alpha value is -2.28. The van der Waals surface area contributed by atoms with E-state index in [-0.39, 0.29) is 0 Å². The molecule has 0 saturated heterocycles. The van der Waals surface area contributed by atoms with Crippen LogP contribution in [0.4, 0.5) is 0 Å². The Morgan fingerprint density at radius 2 is 2.28 bits per heavy atom. The second-order valence-corrected chi connectivity index (χ2v) is 4.04. The van der Waals surface area contributed by atoms with Crippen LogP contribution in [0, 0.1) is 18.3 Å². The van der Waals surface area contributed by atoms with Crippen molar-refractivity contribution in [3.05, 3.63) is 47.8 Å². The first-order chi connectivity index (χ1) is 8.79. The molecule has 0 spiro atoms. The van der Waals surface area contributed by atoms with Crippen molar-refractivity contribution in [2.24, 2.45) is 0 Å². The molecule has 2 aromatic rings. The third-order valence-corrected chi connectivity index (χ3v) is 2.68. The van der Waals surface area contributed by atoms with Crippen molar-refractivity contribution in [3.8, 4) is 11.8 Å². The summed E-state index contributed by atoms with van der Waals surface area (Å²) in [5, 5.41) is 13.0. The van der Waals surface area contributed by atoms with Gasteiger partial charge < -0.3 is 4.74 Å². The van der Waals surface area contributed by atoms with Crippen molar-refractivity contribution in [2.45, 2.75) is 19.9 Å². The maximum atomic E-state index is 8.77. The molecule has 0 aliphatic carbocycles. The van der Waals surface area contributed by atoms with Crippen LogP contribution in [0.15, 0.2) is 36.5 Å². The Labute approximate surface area is 106 Å². The number of nitriles is 1. The number of hydrogen-bond acceptors (Lipinski definition) is 3. The molecule has 0 unspecified atom stereocenters. The van der Waals surface area contributed by atoms with Crippen LogP contribution < -0.4 is 4.74 Å². The molecule has 1 aromatic carbocycles. The summed E-state index contributed by atoms with van der Waals surface area (Å²) in [6.07, 6.45) is 2.69. The number of rotatable bonds is 5. The normalized spacial score (nSPS) is 10.0. The number of aryl methyl sites for hydroxylation is 2. The van der Waals surface area contributed by atoms with Gasteiger partial charge in [0.25, 0.3) is 0 Å². The molecule has 92 valence electrons. The molecule has 0 saturated carbocycles. The van der Waals surface area contributed by atoms with Crippen molar-refractivity contribution < 1.29 is 4.74 Å². The van der Waals surface area contributed by atoms with E-state index in [1.807, 2.05) is 29.8 Å². The van der Waals surface area contributed by atoms with Crippen LogP contribution in [0.1, 0.15) is 17.7 Å². The van der Waals surface area contributed by atoms with E-state index in [0.717, 1.165) is 24.4 Å². The summed E-state index contributed by atoms with van der Waals surface area (Å²) < 4.78 is 7.55. The summed E-state index contributed by atoms with van der Waals surface area (Å²) in [4.78, 5) is 0. The predicted molar refractivity (Wildman–Crippen MR) is 68.2 cm³/mol. The Morgan fingerprint density at radius 1 is 1.39 bits per heavy atom. The highest BCUT2D eigenvalue weighted by Gasteiger charge is 1.98. The van der Waals surface area contributed by atoms with E-state index in [4.69, 9.17) is 10.00 Å². The van der Waals surface area contributed by atoms with Gasteiger partial charge in [-0.1, -0.05) is 6.07 Å². The summed E-state index contributed by atoms with van der Waals surface area (Å²) in [5.74, 6) is 0.742. The van der Waals surface area contributed by atoms with Gasteiger partial charge in [0.05, 0.1) is 18.2 Å². The fourth-order valence-corrected chi connectivity index (χ4v) is 1.69. The van der Waals surface area contributed by atoms with E-state index >= 15 is 0 Å². The fraction of sp³-hybridized carbons (Fsp3) is 0.286. The summed E-state index contributed by atoms with van der Waals surface area (Å²) >= 11 is 0. The first-order valence-corrected chi connectivity index (χ1v) is 5.91. The molecular formula is C14H15N3O. The lowest BCUT2D eigenvalue weighted by Crippen LogP contribution is -2.07. The lowest BCUT2D eigenvalue weighted by molar-refractivity contribution is 0.298. The van der Waals surface area contributed by atoms with Gasteiger partial charge in [-0.15, -0.1) is 0 Å². The minimum absolute atomic E-state index is 0.619. The molecule has 4 heteroatoms. The molecule has 0 fully saturated rings. The van der Waals surface area contributed by atoms with E-state index in [1.165, 1.54) is 0 Å². The minimum Gasteiger partial charge on any atom is -0.493 e. The van der Waals surface area contributed by atoms with E-state index in [9.17, 15) is 0 Å². The average Bonchev–Trinajstić information content (AvgIpc) is 2.81. The van der Waals surface area contributed by atoms with Gasteiger partial charge in [-0.2, -0.15) is 10.4 Å². The second kappa shape index (κ2) is 5.87. The Bertz CT molecular complexity index is 554.